The van der Waals surface area contributed by atoms with Gasteiger partial charge in [0.25, 0.3) is 5.91 Å². The predicted octanol–water partition coefficient (Wildman–Crippen LogP) is 2.99. The summed E-state index contributed by atoms with van der Waals surface area (Å²) in [6, 6.07) is 10.3. The van der Waals surface area contributed by atoms with Gasteiger partial charge in [0.15, 0.2) is 6.61 Å². The highest BCUT2D eigenvalue weighted by atomic mass is 19.1. The third kappa shape index (κ3) is 6.56. The summed E-state index contributed by atoms with van der Waals surface area (Å²) in [5, 5.41) is 5.14. The number of carbonyl (C=O) groups excluding carboxylic acids is 3. The van der Waals surface area contributed by atoms with Crippen molar-refractivity contribution in [2.45, 2.75) is 6.92 Å². The molecule has 0 aliphatic heterocycles. The molecule has 0 aliphatic rings. The summed E-state index contributed by atoms with van der Waals surface area (Å²) >= 11 is 0. The lowest BCUT2D eigenvalue weighted by molar-refractivity contribution is -0.142. The number of amides is 2. The van der Waals surface area contributed by atoms with E-state index in [9.17, 15) is 18.8 Å². The standard InChI is InChI=1S/C20H19FN2O5/c1-13(24)22-16-8-9-18(27-2)17(11-16)23-19(25)12-28-20(26)10-5-14-3-6-15(21)7-4-14/h3-11H,12H2,1-2H3,(H,22,24)(H,23,25)/b10-5+. The van der Waals surface area contributed by atoms with Gasteiger partial charge in [-0.05, 0) is 42.0 Å². The van der Waals surface area contributed by atoms with E-state index in [0.29, 0.717) is 22.7 Å². The number of methoxy groups -OCH3 is 1. The van der Waals surface area contributed by atoms with Crippen molar-refractivity contribution in [3.63, 3.8) is 0 Å². The number of carbonyl (C=O) groups is 3. The van der Waals surface area contributed by atoms with Crippen molar-refractivity contribution < 1.29 is 28.2 Å². The Morgan fingerprint density at radius 2 is 1.79 bits per heavy atom. The summed E-state index contributed by atoms with van der Waals surface area (Å²) in [6.45, 7) is 0.849. The smallest absolute Gasteiger partial charge is 0.331 e. The summed E-state index contributed by atoms with van der Waals surface area (Å²) in [6.07, 6.45) is 2.58. The Kier molecular flexibility index (Phi) is 7.27. The van der Waals surface area contributed by atoms with Crippen LogP contribution in [-0.2, 0) is 19.1 Å². The van der Waals surface area contributed by atoms with E-state index in [1.54, 1.807) is 12.1 Å². The van der Waals surface area contributed by atoms with E-state index >= 15 is 0 Å². The topological polar surface area (TPSA) is 93.7 Å². The van der Waals surface area contributed by atoms with Gasteiger partial charge in [-0.3, -0.25) is 9.59 Å². The third-order valence-electron chi connectivity index (χ3n) is 3.42. The molecule has 0 aliphatic carbocycles. The van der Waals surface area contributed by atoms with Crippen LogP contribution < -0.4 is 15.4 Å². The van der Waals surface area contributed by atoms with Crippen LogP contribution in [0.15, 0.2) is 48.5 Å². The minimum Gasteiger partial charge on any atom is -0.495 e. The highest BCUT2D eigenvalue weighted by Gasteiger charge is 2.11. The molecule has 0 unspecified atom stereocenters. The van der Waals surface area contributed by atoms with Gasteiger partial charge >= 0.3 is 5.97 Å². The van der Waals surface area contributed by atoms with Crippen LogP contribution in [0.2, 0.25) is 0 Å². The van der Waals surface area contributed by atoms with Crippen molar-refractivity contribution in [1.29, 1.82) is 0 Å². The minimum absolute atomic E-state index is 0.260. The molecule has 0 saturated carbocycles. The highest BCUT2D eigenvalue weighted by Crippen LogP contribution is 2.27. The summed E-state index contributed by atoms with van der Waals surface area (Å²) in [5.74, 6) is -1.57. The van der Waals surface area contributed by atoms with Gasteiger partial charge in [-0.25, -0.2) is 9.18 Å². The molecule has 2 amide bonds. The highest BCUT2D eigenvalue weighted by molar-refractivity contribution is 5.97. The van der Waals surface area contributed by atoms with Crippen LogP contribution in [-0.4, -0.2) is 31.5 Å². The number of ether oxygens (including phenoxy) is 2. The maximum atomic E-state index is 12.8. The fourth-order valence-corrected chi connectivity index (χ4v) is 2.20. The average molecular weight is 386 g/mol. The largest absolute Gasteiger partial charge is 0.495 e. The lowest BCUT2D eigenvalue weighted by Crippen LogP contribution is -2.20. The lowest BCUT2D eigenvalue weighted by Gasteiger charge is -2.12. The zero-order chi connectivity index (χ0) is 20.5. The first-order valence-corrected chi connectivity index (χ1v) is 8.23. The number of rotatable bonds is 7. The second-order valence-electron chi connectivity index (χ2n) is 5.64. The van der Waals surface area contributed by atoms with Gasteiger partial charge < -0.3 is 20.1 Å². The SMILES string of the molecule is COc1ccc(NC(C)=O)cc1NC(=O)COC(=O)/C=C/c1ccc(F)cc1. The monoisotopic (exact) mass is 386 g/mol. The zero-order valence-electron chi connectivity index (χ0n) is 15.3. The number of esters is 1. The van der Waals surface area contributed by atoms with Crippen molar-refractivity contribution in [3.8, 4) is 5.75 Å². The number of anilines is 2. The van der Waals surface area contributed by atoms with Crippen molar-refractivity contribution in [2.24, 2.45) is 0 Å². The van der Waals surface area contributed by atoms with Gasteiger partial charge in [0.1, 0.15) is 11.6 Å². The van der Waals surface area contributed by atoms with Crippen molar-refractivity contribution in [3.05, 3.63) is 59.9 Å². The molecular formula is C20H19FN2O5. The molecule has 0 heterocycles. The summed E-state index contributed by atoms with van der Waals surface area (Å²) in [4.78, 5) is 34.9. The number of nitrogens with one attached hydrogen (secondary N) is 2. The van der Waals surface area contributed by atoms with E-state index in [1.807, 2.05) is 0 Å². The van der Waals surface area contributed by atoms with Gasteiger partial charge in [-0.15, -0.1) is 0 Å². The minimum atomic E-state index is -0.724. The van der Waals surface area contributed by atoms with E-state index in [1.165, 1.54) is 50.4 Å². The Morgan fingerprint density at radius 1 is 1.07 bits per heavy atom. The molecule has 146 valence electrons. The Hall–Kier alpha value is -3.68. The first-order valence-electron chi connectivity index (χ1n) is 8.23. The fourth-order valence-electron chi connectivity index (χ4n) is 2.20. The number of hydrogen-bond donors (Lipinski definition) is 2. The number of hydrogen-bond acceptors (Lipinski definition) is 5. The molecule has 2 aromatic carbocycles. The molecule has 7 nitrogen and oxygen atoms in total. The maximum absolute atomic E-state index is 12.8. The first-order chi connectivity index (χ1) is 13.4. The van der Waals surface area contributed by atoms with Crippen molar-refractivity contribution >= 4 is 35.2 Å². The molecule has 2 rings (SSSR count). The maximum Gasteiger partial charge on any atom is 0.331 e. The van der Waals surface area contributed by atoms with Crippen molar-refractivity contribution in [2.75, 3.05) is 24.4 Å². The summed E-state index contributed by atoms with van der Waals surface area (Å²) in [7, 11) is 1.43. The van der Waals surface area contributed by atoms with Crippen LogP contribution in [0.25, 0.3) is 6.08 Å². The van der Waals surface area contributed by atoms with E-state index in [4.69, 9.17) is 9.47 Å². The lowest BCUT2D eigenvalue weighted by atomic mass is 10.2. The second-order valence-corrected chi connectivity index (χ2v) is 5.64. The molecule has 2 N–H and O–H groups in total. The van der Waals surface area contributed by atoms with Crippen LogP contribution in [0.3, 0.4) is 0 Å². The number of halogens is 1. The third-order valence-corrected chi connectivity index (χ3v) is 3.42. The Labute approximate surface area is 161 Å². The Balaban J connectivity index is 1.91. The number of benzene rings is 2. The molecule has 0 fully saturated rings. The average Bonchev–Trinajstić information content (AvgIpc) is 2.65. The molecule has 28 heavy (non-hydrogen) atoms. The Morgan fingerprint density at radius 3 is 2.43 bits per heavy atom. The molecule has 2 aromatic rings. The molecule has 8 heteroatoms. The fraction of sp³-hybridized carbons (Fsp3) is 0.150. The quantitative estimate of drug-likeness (QED) is 0.564. The van der Waals surface area contributed by atoms with Gasteiger partial charge in [-0.1, -0.05) is 12.1 Å². The van der Waals surface area contributed by atoms with E-state index in [0.717, 1.165) is 6.08 Å². The molecule has 0 saturated heterocycles. The van der Waals surface area contributed by atoms with Gasteiger partial charge in [0.05, 0.1) is 12.8 Å². The molecule has 0 bridgehead atoms. The molecular weight excluding hydrogens is 367 g/mol. The summed E-state index contributed by atoms with van der Waals surface area (Å²) in [5.41, 5.74) is 1.40. The van der Waals surface area contributed by atoms with Gasteiger partial charge in [0.2, 0.25) is 5.91 Å². The van der Waals surface area contributed by atoms with E-state index in [2.05, 4.69) is 10.6 Å². The molecule has 0 aromatic heterocycles. The molecule has 0 radical (unpaired) electrons. The molecule has 0 atom stereocenters. The predicted molar refractivity (Wildman–Crippen MR) is 102 cm³/mol. The van der Waals surface area contributed by atoms with Crippen LogP contribution in [0.1, 0.15) is 12.5 Å². The zero-order valence-corrected chi connectivity index (χ0v) is 15.3. The van der Waals surface area contributed by atoms with Gasteiger partial charge in [0, 0.05) is 18.7 Å². The van der Waals surface area contributed by atoms with Crippen LogP contribution in [0.4, 0.5) is 15.8 Å². The second kappa shape index (κ2) is 9.86. The van der Waals surface area contributed by atoms with E-state index < -0.39 is 18.5 Å². The van der Waals surface area contributed by atoms with E-state index in [-0.39, 0.29) is 11.7 Å². The van der Waals surface area contributed by atoms with Gasteiger partial charge in [-0.2, -0.15) is 0 Å². The van der Waals surface area contributed by atoms with Crippen LogP contribution in [0.5, 0.6) is 5.75 Å². The van der Waals surface area contributed by atoms with Crippen molar-refractivity contribution in [1.82, 2.24) is 0 Å². The first kappa shape index (κ1) is 20.6. The normalized spacial score (nSPS) is 10.4. The Bertz CT molecular complexity index is 894. The van der Waals surface area contributed by atoms with Crippen LogP contribution in [0, 0.1) is 5.82 Å². The summed E-state index contributed by atoms with van der Waals surface area (Å²) < 4.78 is 22.8. The van der Waals surface area contributed by atoms with Crippen LogP contribution >= 0.6 is 0 Å². The molecule has 0 spiro atoms.